The lowest BCUT2D eigenvalue weighted by molar-refractivity contribution is -0.145. The minimum atomic E-state index is -0.369. The SMILES string of the molecule is CCOC(CCCCN)C(N)CC(=O)OCCCC=O. The Morgan fingerprint density at radius 2 is 2.05 bits per heavy atom. The Morgan fingerprint density at radius 1 is 1.30 bits per heavy atom. The standard InChI is InChI=1S/C14H28N2O4/c1-2-19-13(7-3-4-8-15)12(16)11-14(18)20-10-6-5-9-17/h9,12-13H,2-8,10-11,15-16H2,1H3. The maximum Gasteiger partial charge on any atom is 0.307 e. The summed E-state index contributed by atoms with van der Waals surface area (Å²) in [4.78, 5) is 21.7. The van der Waals surface area contributed by atoms with Crippen LogP contribution in [0.1, 0.15) is 45.4 Å². The second kappa shape index (κ2) is 13.0. The predicted octanol–water partition coefficient (Wildman–Crippen LogP) is 0.760. The monoisotopic (exact) mass is 288 g/mol. The molecule has 118 valence electrons. The van der Waals surface area contributed by atoms with Crippen LogP contribution in [0.3, 0.4) is 0 Å². The molecule has 0 aromatic heterocycles. The molecule has 0 aliphatic rings. The molecule has 0 saturated heterocycles. The van der Waals surface area contributed by atoms with Crippen molar-refractivity contribution >= 4 is 12.3 Å². The van der Waals surface area contributed by atoms with Crippen LogP contribution in [0.5, 0.6) is 0 Å². The van der Waals surface area contributed by atoms with E-state index in [1.165, 1.54) is 0 Å². The van der Waals surface area contributed by atoms with Gasteiger partial charge in [0, 0.05) is 19.1 Å². The number of aldehydes is 1. The van der Waals surface area contributed by atoms with Gasteiger partial charge in [-0.05, 0) is 39.2 Å². The third-order valence-electron chi connectivity index (χ3n) is 2.93. The quantitative estimate of drug-likeness (QED) is 0.294. The first kappa shape index (κ1) is 19.0. The lowest BCUT2D eigenvalue weighted by atomic mass is 10.0. The van der Waals surface area contributed by atoms with Crippen LogP contribution in [0.2, 0.25) is 0 Å². The maximum absolute atomic E-state index is 11.6. The zero-order valence-corrected chi connectivity index (χ0v) is 12.4. The summed E-state index contributed by atoms with van der Waals surface area (Å²) in [5, 5.41) is 0. The molecule has 20 heavy (non-hydrogen) atoms. The Morgan fingerprint density at radius 3 is 2.65 bits per heavy atom. The molecular formula is C14H28N2O4. The van der Waals surface area contributed by atoms with Crippen LogP contribution >= 0.6 is 0 Å². The molecular weight excluding hydrogens is 260 g/mol. The van der Waals surface area contributed by atoms with E-state index in [4.69, 9.17) is 20.9 Å². The summed E-state index contributed by atoms with van der Waals surface area (Å²) in [5.74, 6) is -0.341. The van der Waals surface area contributed by atoms with E-state index in [0.717, 1.165) is 25.5 Å². The van der Waals surface area contributed by atoms with Gasteiger partial charge in [0.15, 0.2) is 0 Å². The van der Waals surface area contributed by atoms with E-state index >= 15 is 0 Å². The number of hydrogen-bond donors (Lipinski definition) is 2. The molecule has 0 amide bonds. The van der Waals surface area contributed by atoms with E-state index in [1.54, 1.807) is 0 Å². The van der Waals surface area contributed by atoms with Crippen LogP contribution in [0.15, 0.2) is 0 Å². The smallest absolute Gasteiger partial charge is 0.307 e. The number of rotatable bonds is 13. The third-order valence-corrected chi connectivity index (χ3v) is 2.93. The van der Waals surface area contributed by atoms with Gasteiger partial charge in [0.25, 0.3) is 0 Å². The third kappa shape index (κ3) is 9.89. The normalized spacial score (nSPS) is 13.8. The Kier molecular flexibility index (Phi) is 12.4. The maximum atomic E-state index is 11.6. The molecule has 0 aromatic rings. The fourth-order valence-electron chi connectivity index (χ4n) is 1.86. The Labute approximate surface area is 121 Å². The van der Waals surface area contributed by atoms with Crippen molar-refractivity contribution in [1.82, 2.24) is 0 Å². The predicted molar refractivity (Wildman–Crippen MR) is 77.2 cm³/mol. The van der Waals surface area contributed by atoms with Crippen LogP contribution in [-0.2, 0) is 19.1 Å². The van der Waals surface area contributed by atoms with E-state index in [2.05, 4.69) is 0 Å². The van der Waals surface area contributed by atoms with Crippen molar-refractivity contribution in [2.75, 3.05) is 19.8 Å². The highest BCUT2D eigenvalue weighted by Gasteiger charge is 2.21. The minimum absolute atomic E-state index is 0.133. The van der Waals surface area contributed by atoms with E-state index in [-0.39, 0.29) is 31.1 Å². The summed E-state index contributed by atoms with van der Waals surface area (Å²) in [7, 11) is 0. The van der Waals surface area contributed by atoms with Crippen molar-refractivity contribution in [3.63, 3.8) is 0 Å². The topological polar surface area (TPSA) is 105 Å². The van der Waals surface area contributed by atoms with Gasteiger partial charge >= 0.3 is 5.97 Å². The van der Waals surface area contributed by atoms with Gasteiger partial charge in [0.2, 0.25) is 0 Å². The molecule has 2 atom stereocenters. The second-order valence-corrected chi connectivity index (χ2v) is 4.68. The van der Waals surface area contributed by atoms with Gasteiger partial charge in [-0.25, -0.2) is 0 Å². The lowest BCUT2D eigenvalue weighted by Gasteiger charge is -2.23. The summed E-state index contributed by atoms with van der Waals surface area (Å²) in [6.45, 7) is 3.37. The molecule has 0 heterocycles. The molecule has 0 spiro atoms. The Balaban J connectivity index is 3.99. The van der Waals surface area contributed by atoms with Gasteiger partial charge in [-0.2, -0.15) is 0 Å². The van der Waals surface area contributed by atoms with E-state index in [9.17, 15) is 9.59 Å². The average molecular weight is 288 g/mol. The highest BCUT2D eigenvalue weighted by atomic mass is 16.5. The fraction of sp³-hybridized carbons (Fsp3) is 0.857. The molecule has 0 rings (SSSR count). The molecule has 0 radical (unpaired) electrons. The van der Waals surface area contributed by atoms with Gasteiger partial charge in [-0.1, -0.05) is 0 Å². The van der Waals surface area contributed by atoms with Crippen LogP contribution in [0.25, 0.3) is 0 Å². The highest BCUT2D eigenvalue weighted by molar-refractivity contribution is 5.70. The molecule has 2 unspecified atom stereocenters. The molecule has 0 aromatic carbocycles. The summed E-state index contributed by atoms with van der Waals surface area (Å²) in [6.07, 6.45) is 4.40. The number of esters is 1. The molecule has 0 fully saturated rings. The van der Waals surface area contributed by atoms with E-state index in [0.29, 0.717) is 26.0 Å². The molecule has 0 aliphatic carbocycles. The minimum Gasteiger partial charge on any atom is -0.466 e. The van der Waals surface area contributed by atoms with E-state index < -0.39 is 0 Å². The van der Waals surface area contributed by atoms with Gasteiger partial charge in [0.05, 0.1) is 19.1 Å². The molecule has 0 bridgehead atoms. The van der Waals surface area contributed by atoms with Crippen LogP contribution in [0, 0.1) is 0 Å². The molecule has 6 heteroatoms. The highest BCUT2D eigenvalue weighted by Crippen LogP contribution is 2.11. The second-order valence-electron chi connectivity index (χ2n) is 4.68. The van der Waals surface area contributed by atoms with Crippen molar-refractivity contribution in [1.29, 1.82) is 0 Å². The van der Waals surface area contributed by atoms with Crippen molar-refractivity contribution in [2.24, 2.45) is 11.5 Å². The zero-order chi connectivity index (χ0) is 15.2. The van der Waals surface area contributed by atoms with E-state index in [1.807, 2.05) is 6.92 Å². The van der Waals surface area contributed by atoms with Crippen LogP contribution < -0.4 is 11.5 Å². The number of ether oxygens (including phenoxy) is 2. The van der Waals surface area contributed by atoms with Gasteiger partial charge < -0.3 is 25.7 Å². The number of carbonyl (C=O) groups excluding carboxylic acids is 2. The lowest BCUT2D eigenvalue weighted by Crippen LogP contribution is -2.39. The number of nitrogens with two attached hydrogens (primary N) is 2. The van der Waals surface area contributed by atoms with Crippen molar-refractivity contribution in [3.05, 3.63) is 0 Å². The van der Waals surface area contributed by atoms with Gasteiger partial charge in [-0.15, -0.1) is 0 Å². The molecule has 6 nitrogen and oxygen atoms in total. The van der Waals surface area contributed by atoms with Crippen molar-refractivity contribution in [2.45, 2.75) is 57.6 Å². The first-order chi connectivity index (χ1) is 9.65. The summed E-state index contributed by atoms with van der Waals surface area (Å²) < 4.78 is 10.6. The van der Waals surface area contributed by atoms with Crippen molar-refractivity contribution in [3.8, 4) is 0 Å². The first-order valence-electron chi connectivity index (χ1n) is 7.32. The summed E-state index contributed by atoms with van der Waals surface area (Å²) in [5.41, 5.74) is 11.5. The zero-order valence-electron chi connectivity index (χ0n) is 12.4. The first-order valence-corrected chi connectivity index (χ1v) is 7.32. The average Bonchev–Trinajstić information content (AvgIpc) is 2.43. The van der Waals surface area contributed by atoms with Crippen LogP contribution in [0.4, 0.5) is 0 Å². The summed E-state index contributed by atoms with van der Waals surface area (Å²) in [6, 6.07) is -0.369. The number of carbonyl (C=O) groups is 2. The summed E-state index contributed by atoms with van der Waals surface area (Å²) >= 11 is 0. The van der Waals surface area contributed by atoms with Crippen LogP contribution in [-0.4, -0.2) is 44.2 Å². The fourth-order valence-corrected chi connectivity index (χ4v) is 1.86. The largest absolute Gasteiger partial charge is 0.466 e. The number of unbranched alkanes of at least 4 members (excludes halogenated alkanes) is 2. The molecule has 0 saturated carbocycles. The molecule has 4 N–H and O–H groups in total. The van der Waals surface area contributed by atoms with Gasteiger partial charge in [0.1, 0.15) is 6.29 Å². The molecule has 0 aliphatic heterocycles. The Bertz CT molecular complexity index is 262. The van der Waals surface area contributed by atoms with Crippen molar-refractivity contribution < 1.29 is 19.1 Å². The Hall–Kier alpha value is -0.980. The number of hydrogen-bond acceptors (Lipinski definition) is 6. The van der Waals surface area contributed by atoms with Gasteiger partial charge in [-0.3, -0.25) is 4.79 Å².